The summed E-state index contributed by atoms with van der Waals surface area (Å²) in [7, 11) is 1.17. The van der Waals surface area contributed by atoms with Gasteiger partial charge in [0.1, 0.15) is 17.4 Å². The number of benzene rings is 2. The van der Waals surface area contributed by atoms with Crippen molar-refractivity contribution in [2.75, 3.05) is 19.0 Å². The average Bonchev–Trinajstić information content (AvgIpc) is 3.39. The first-order chi connectivity index (χ1) is 20.8. The van der Waals surface area contributed by atoms with Crippen molar-refractivity contribution in [1.29, 1.82) is 5.26 Å². The van der Waals surface area contributed by atoms with E-state index < -0.39 is 58.6 Å². The molecule has 1 aromatic heterocycles. The fraction of sp³-hybridized carbons (Fsp3) is 0.276. The van der Waals surface area contributed by atoms with E-state index in [9.17, 15) is 36.6 Å². The van der Waals surface area contributed by atoms with E-state index in [-0.39, 0.29) is 40.6 Å². The summed E-state index contributed by atoms with van der Waals surface area (Å²) in [5.74, 6) is -5.69. The number of aliphatic hydroxyl groups excluding tert-OH is 1. The maximum atomic E-state index is 14.6. The Morgan fingerprint density at radius 3 is 2.66 bits per heavy atom. The number of aromatic nitrogens is 2. The molecule has 5 rings (SSSR count). The van der Waals surface area contributed by atoms with Crippen LogP contribution in [0.15, 0.2) is 53.9 Å². The number of carbonyl (C=O) groups excluding carboxylic acids is 2. The Hall–Kier alpha value is -5.10. The molecular weight excluding hydrogens is 591 g/mol. The van der Waals surface area contributed by atoms with E-state index in [1.807, 2.05) is 0 Å². The van der Waals surface area contributed by atoms with Crippen LogP contribution >= 0.6 is 0 Å². The van der Waals surface area contributed by atoms with Gasteiger partial charge in [0.15, 0.2) is 11.6 Å². The van der Waals surface area contributed by atoms with Crippen molar-refractivity contribution in [1.82, 2.24) is 20.0 Å². The van der Waals surface area contributed by atoms with Crippen LogP contribution in [0.2, 0.25) is 0 Å². The number of hydrogen-bond donors (Lipinski definition) is 2. The summed E-state index contributed by atoms with van der Waals surface area (Å²) >= 11 is 0. The molecule has 0 saturated carbocycles. The molecule has 10 nitrogen and oxygen atoms in total. The molecule has 2 aliphatic heterocycles. The Bertz CT molecular complexity index is 1750. The maximum Gasteiger partial charge on any atom is 0.416 e. The zero-order valence-electron chi connectivity index (χ0n) is 23.2. The number of alkyl halides is 3. The van der Waals surface area contributed by atoms with Crippen molar-refractivity contribution in [3.8, 4) is 23.1 Å². The second-order valence-corrected chi connectivity index (χ2v) is 10.2. The van der Waals surface area contributed by atoms with E-state index in [4.69, 9.17) is 10.00 Å². The standard InChI is InChI=1S/C29H23F5N6O4/c1-28-9-4-10-40(28)39(14-15-5-3-6-19(30)23(15)31)27(43)22(24(28)41)25(42)37-20-8-7-16(29(32,33)34)11-17(20)18-13-36-21(12-35)38-26(18)44-2/h3,5-8,11,13,41H,4,9-10,14H2,1-2H3,(H,37,42)/t28-/m1/s1. The molecule has 1 saturated heterocycles. The number of nitrogens with one attached hydrogen (secondary N) is 1. The largest absolute Gasteiger partial charge is 0.509 e. The summed E-state index contributed by atoms with van der Waals surface area (Å²) in [6.07, 6.45) is -2.95. The Morgan fingerprint density at radius 1 is 1.23 bits per heavy atom. The molecule has 0 bridgehead atoms. The number of nitrogens with zero attached hydrogens (tertiary/aromatic N) is 5. The number of halogens is 5. The summed E-state index contributed by atoms with van der Waals surface area (Å²) in [6.45, 7) is 1.37. The van der Waals surface area contributed by atoms with Crippen molar-refractivity contribution in [2.45, 2.75) is 38.0 Å². The third kappa shape index (κ3) is 5.17. The van der Waals surface area contributed by atoms with Crippen LogP contribution in [0.1, 0.15) is 36.7 Å². The zero-order chi connectivity index (χ0) is 32.0. The molecule has 228 valence electrons. The van der Waals surface area contributed by atoms with Crippen molar-refractivity contribution in [3.63, 3.8) is 0 Å². The van der Waals surface area contributed by atoms with Gasteiger partial charge in [0.2, 0.25) is 11.7 Å². The number of nitriles is 1. The van der Waals surface area contributed by atoms with Crippen LogP contribution in [-0.4, -0.2) is 56.1 Å². The van der Waals surface area contributed by atoms with Gasteiger partial charge in [-0.15, -0.1) is 0 Å². The molecular formula is C29H23F5N6O4. The van der Waals surface area contributed by atoms with E-state index in [2.05, 4.69) is 15.3 Å². The first-order valence-corrected chi connectivity index (χ1v) is 13.1. The highest BCUT2D eigenvalue weighted by atomic mass is 19.4. The molecule has 0 unspecified atom stereocenters. The normalized spacial score (nSPS) is 18.7. The summed E-state index contributed by atoms with van der Waals surface area (Å²) in [5, 5.41) is 25.3. The average molecular weight is 615 g/mol. The van der Waals surface area contributed by atoms with Crippen molar-refractivity contribution >= 4 is 17.5 Å². The number of methoxy groups -OCH3 is 1. The van der Waals surface area contributed by atoms with Crippen molar-refractivity contribution < 1.29 is 41.4 Å². The topological polar surface area (TPSA) is 132 Å². The number of carbonyl (C=O) groups is 2. The highest BCUT2D eigenvalue weighted by Gasteiger charge is 2.52. The number of hydrazine groups is 1. The molecule has 0 aliphatic carbocycles. The van der Waals surface area contributed by atoms with E-state index in [0.29, 0.717) is 25.0 Å². The van der Waals surface area contributed by atoms with Gasteiger partial charge in [0.05, 0.1) is 30.3 Å². The van der Waals surface area contributed by atoms with Crippen LogP contribution in [-0.2, 0) is 22.3 Å². The Balaban J connectivity index is 1.58. The lowest BCUT2D eigenvalue weighted by atomic mass is 9.90. The second kappa shape index (κ2) is 11.2. The number of hydrogen-bond acceptors (Lipinski definition) is 8. The summed E-state index contributed by atoms with van der Waals surface area (Å²) < 4.78 is 74.7. The maximum absolute atomic E-state index is 14.6. The molecule has 3 heterocycles. The number of anilines is 1. The number of aliphatic hydroxyl groups is 1. The van der Waals surface area contributed by atoms with Gasteiger partial charge >= 0.3 is 6.18 Å². The van der Waals surface area contributed by atoms with Crippen LogP contribution in [0.3, 0.4) is 0 Å². The van der Waals surface area contributed by atoms with Gasteiger partial charge in [-0.1, -0.05) is 12.1 Å². The Labute approximate surface area is 247 Å². The number of rotatable bonds is 6. The van der Waals surface area contributed by atoms with E-state index in [1.54, 1.807) is 13.0 Å². The molecule has 2 amide bonds. The van der Waals surface area contributed by atoms with Crippen LogP contribution < -0.4 is 10.1 Å². The van der Waals surface area contributed by atoms with Gasteiger partial charge in [0, 0.05) is 29.6 Å². The minimum atomic E-state index is -4.79. The fourth-order valence-electron chi connectivity index (χ4n) is 5.38. The fourth-order valence-corrected chi connectivity index (χ4v) is 5.38. The van der Waals surface area contributed by atoms with Crippen molar-refractivity contribution in [3.05, 3.63) is 82.5 Å². The Kier molecular flexibility index (Phi) is 7.72. The molecule has 2 aliphatic rings. The first-order valence-electron chi connectivity index (χ1n) is 13.1. The number of ether oxygens (including phenoxy) is 1. The van der Waals surface area contributed by atoms with Gasteiger partial charge in [-0.05, 0) is 44.0 Å². The number of amides is 2. The SMILES string of the molecule is COc1nc(C#N)ncc1-c1cc(C(F)(F)F)ccc1NC(=O)C1=C(O)[C@@]2(C)CCCN2N(Cc2cccc(F)c2F)C1=O. The third-order valence-corrected chi connectivity index (χ3v) is 7.60. The monoisotopic (exact) mass is 614 g/mol. The predicted molar refractivity (Wildman–Crippen MR) is 143 cm³/mol. The molecule has 2 N–H and O–H groups in total. The lowest BCUT2D eigenvalue weighted by Gasteiger charge is -2.46. The third-order valence-electron chi connectivity index (χ3n) is 7.60. The lowest BCUT2D eigenvalue weighted by molar-refractivity contribution is -0.160. The second-order valence-electron chi connectivity index (χ2n) is 10.2. The van der Waals surface area contributed by atoms with Gasteiger partial charge in [0.25, 0.3) is 11.8 Å². The lowest BCUT2D eigenvalue weighted by Crippen LogP contribution is -2.60. The van der Waals surface area contributed by atoms with Gasteiger partial charge in [-0.3, -0.25) is 14.6 Å². The molecule has 2 aromatic carbocycles. The van der Waals surface area contributed by atoms with Crippen LogP contribution in [0.4, 0.5) is 27.6 Å². The molecule has 0 spiro atoms. The van der Waals surface area contributed by atoms with Crippen LogP contribution in [0.25, 0.3) is 11.1 Å². The molecule has 1 atom stereocenters. The first kappa shape index (κ1) is 30.4. The molecule has 44 heavy (non-hydrogen) atoms. The molecule has 0 radical (unpaired) electrons. The van der Waals surface area contributed by atoms with E-state index >= 15 is 0 Å². The van der Waals surface area contributed by atoms with E-state index in [1.165, 1.54) is 24.3 Å². The zero-order valence-corrected chi connectivity index (χ0v) is 23.2. The quantitative estimate of drug-likeness (QED) is 0.297. The van der Waals surface area contributed by atoms with E-state index in [0.717, 1.165) is 23.3 Å². The smallest absolute Gasteiger partial charge is 0.416 e. The summed E-state index contributed by atoms with van der Waals surface area (Å²) in [5.41, 5.74) is -3.86. The molecule has 3 aromatic rings. The Morgan fingerprint density at radius 2 is 1.98 bits per heavy atom. The predicted octanol–water partition coefficient (Wildman–Crippen LogP) is 4.88. The minimum absolute atomic E-state index is 0.113. The summed E-state index contributed by atoms with van der Waals surface area (Å²) in [4.78, 5) is 35.1. The highest BCUT2D eigenvalue weighted by molar-refractivity contribution is 6.24. The summed E-state index contributed by atoms with van der Waals surface area (Å²) in [6, 6.07) is 7.50. The van der Waals surface area contributed by atoms with Gasteiger partial charge < -0.3 is 15.2 Å². The van der Waals surface area contributed by atoms with Gasteiger partial charge in [-0.25, -0.2) is 18.8 Å². The minimum Gasteiger partial charge on any atom is -0.509 e. The molecule has 1 fully saturated rings. The van der Waals surface area contributed by atoms with Crippen LogP contribution in [0.5, 0.6) is 5.88 Å². The highest BCUT2D eigenvalue weighted by Crippen LogP contribution is 2.43. The molecule has 15 heteroatoms. The van der Waals surface area contributed by atoms with Crippen molar-refractivity contribution in [2.24, 2.45) is 0 Å². The number of fused-ring (bicyclic) bond motifs is 1. The van der Waals surface area contributed by atoms with Gasteiger partial charge in [-0.2, -0.15) is 23.4 Å². The van der Waals surface area contributed by atoms with Crippen LogP contribution in [0, 0.1) is 23.0 Å².